The van der Waals surface area contributed by atoms with Crippen molar-refractivity contribution in [3.63, 3.8) is 0 Å². The van der Waals surface area contributed by atoms with Crippen molar-refractivity contribution < 1.29 is 4.79 Å². The number of aromatic nitrogens is 1. The minimum atomic E-state index is -0.0451. The second-order valence-electron chi connectivity index (χ2n) is 4.96. The highest BCUT2D eigenvalue weighted by Crippen LogP contribution is 2.31. The third-order valence-electron chi connectivity index (χ3n) is 3.57. The van der Waals surface area contributed by atoms with Gasteiger partial charge in [-0.05, 0) is 37.0 Å². The Kier molecular flexibility index (Phi) is 2.80. The first kappa shape index (κ1) is 11.3. The number of H-pyrrole nitrogens is 1. The van der Waals surface area contributed by atoms with Crippen molar-refractivity contribution in [2.45, 2.75) is 18.9 Å². The lowest BCUT2D eigenvalue weighted by Gasteiger charge is -2.12. The summed E-state index contributed by atoms with van der Waals surface area (Å²) in [5.41, 5.74) is 7.66. The van der Waals surface area contributed by atoms with Crippen LogP contribution in [0.1, 0.15) is 23.2 Å². The van der Waals surface area contributed by atoms with Crippen LogP contribution in [0, 0.1) is 5.92 Å². The van der Waals surface area contributed by atoms with Crippen molar-refractivity contribution >= 4 is 16.8 Å². The van der Waals surface area contributed by atoms with Gasteiger partial charge in [0.15, 0.2) is 0 Å². The first-order valence-electron chi connectivity index (χ1n) is 6.35. The standard InChI is InChI=1S/C14H17N3O/c15-12(9-4-5-9)8-17-14(18)11-2-1-3-13-10(11)6-7-16-13/h1-3,6-7,9,12,16H,4-5,8,15H2,(H,17,18). The van der Waals surface area contributed by atoms with E-state index < -0.39 is 0 Å². The lowest BCUT2D eigenvalue weighted by atomic mass is 10.1. The zero-order valence-electron chi connectivity index (χ0n) is 10.1. The minimum Gasteiger partial charge on any atom is -0.361 e. The third kappa shape index (κ3) is 2.11. The largest absolute Gasteiger partial charge is 0.361 e. The molecule has 4 heteroatoms. The van der Waals surface area contributed by atoms with Gasteiger partial charge in [0, 0.05) is 35.2 Å². The molecule has 1 heterocycles. The molecular formula is C14H17N3O. The lowest BCUT2D eigenvalue weighted by molar-refractivity contribution is 0.0952. The predicted molar refractivity (Wildman–Crippen MR) is 71.3 cm³/mol. The van der Waals surface area contributed by atoms with Gasteiger partial charge in [-0.1, -0.05) is 6.07 Å². The Hall–Kier alpha value is -1.81. The number of nitrogens with two attached hydrogens (primary N) is 1. The smallest absolute Gasteiger partial charge is 0.252 e. The highest BCUT2D eigenvalue weighted by atomic mass is 16.1. The number of amides is 1. The van der Waals surface area contributed by atoms with Crippen molar-refractivity contribution in [2.75, 3.05) is 6.54 Å². The van der Waals surface area contributed by atoms with E-state index in [1.165, 1.54) is 12.8 Å². The summed E-state index contributed by atoms with van der Waals surface area (Å²) in [6.45, 7) is 0.560. The molecule has 94 valence electrons. The minimum absolute atomic E-state index is 0.0451. The summed E-state index contributed by atoms with van der Waals surface area (Å²) in [5.74, 6) is 0.560. The van der Waals surface area contributed by atoms with Crippen LogP contribution in [0.15, 0.2) is 30.5 Å². The maximum atomic E-state index is 12.1. The summed E-state index contributed by atoms with van der Waals surface area (Å²) in [6.07, 6.45) is 4.24. The van der Waals surface area contributed by atoms with Gasteiger partial charge >= 0.3 is 0 Å². The maximum Gasteiger partial charge on any atom is 0.252 e. The van der Waals surface area contributed by atoms with Gasteiger partial charge in [-0.25, -0.2) is 0 Å². The second kappa shape index (κ2) is 4.46. The highest BCUT2D eigenvalue weighted by Gasteiger charge is 2.28. The molecule has 1 aromatic carbocycles. The molecule has 0 saturated heterocycles. The number of carbonyl (C=O) groups excluding carboxylic acids is 1. The third-order valence-corrected chi connectivity index (χ3v) is 3.57. The molecule has 0 spiro atoms. The molecule has 18 heavy (non-hydrogen) atoms. The van der Waals surface area contributed by atoms with Crippen LogP contribution in [0.2, 0.25) is 0 Å². The van der Waals surface area contributed by atoms with Crippen LogP contribution in [0.5, 0.6) is 0 Å². The zero-order chi connectivity index (χ0) is 12.5. The monoisotopic (exact) mass is 243 g/mol. The number of benzene rings is 1. The van der Waals surface area contributed by atoms with Crippen LogP contribution in [-0.4, -0.2) is 23.5 Å². The fourth-order valence-corrected chi connectivity index (χ4v) is 2.28. The van der Waals surface area contributed by atoms with Crippen molar-refractivity contribution in [1.82, 2.24) is 10.3 Å². The maximum absolute atomic E-state index is 12.1. The number of carbonyl (C=O) groups is 1. The summed E-state index contributed by atoms with van der Waals surface area (Å²) in [7, 11) is 0. The van der Waals surface area contributed by atoms with Gasteiger partial charge in [-0.3, -0.25) is 4.79 Å². The summed E-state index contributed by atoms with van der Waals surface area (Å²) in [5, 5.41) is 3.88. The van der Waals surface area contributed by atoms with Crippen LogP contribution in [-0.2, 0) is 0 Å². The van der Waals surface area contributed by atoms with Gasteiger partial charge in [0.25, 0.3) is 5.91 Å². The molecule has 3 rings (SSSR count). The number of hydrogen-bond donors (Lipinski definition) is 3. The van der Waals surface area contributed by atoms with Gasteiger partial charge in [-0.2, -0.15) is 0 Å². The van der Waals surface area contributed by atoms with Crippen molar-refractivity contribution in [3.05, 3.63) is 36.0 Å². The molecule has 4 N–H and O–H groups in total. The molecule has 0 aliphatic heterocycles. The van der Waals surface area contributed by atoms with E-state index in [1.807, 2.05) is 30.5 Å². The fraction of sp³-hybridized carbons (Fsp3) is 0.357. The molecule has 4 nitrogen and oxygen atoms in total. The average Bonchev–Trinajstić information content (AvgIpc) is 3.12. The molecule has 1 fully saturated rings. The van der Waals surface area contributed by atoms with Crippen molar-refractivity contribution in [2.24, 2.45) is 11.7 Å². The van der Waals surface area contributed by atoms with E-state index >= 15 is 0 Å². The molecule has 1 amide bonds. The van der Waals surface area contributed by atoms with Crippen LogP contribution in [0.4, 0.5) is 0 Å². The Morgan fingerprint density at radius 1 is 1.44 bits per heavy atom. The molecule has 0 radical (unpaired) electrons. The van der Waals surface area contributed by atoms with Gasteiger partial charge in [-0.15, -0.1) is 0 Å². The normalized spacial score (nSPS) is 16.7. The van der Waals surface area contributed by atoms with E-state index in [2.05, 4.69) is 10.3 Å². The fourth-order valence-electron chi connectivity index (χ4n) is 2.28. The molecule has 0 bridgehead atoms. The Morgan fingerprint density at radius 2 is 2.28 bits per heavy atom. The molecule has 1 aliphatic carbocycles. The Morgan fingerprint density at radius 3 is 3.06 bits per heavy atom. The van der Waals surface area contributed by atoms with E-state index in [0.29, 0.717) is 18.0 Å². The van der Waals surface area contributed by atoms with Gasteiger partial charge < -0.3 is 16.0 Å². The summed E-state index contributed by atoms with van der Waals surface area (Å²) < 4.78 is 0. The Labute approximate surface area is 106 Å². The molecule has 1 atom stereocenters. The number of nitrogens with one attached hydrogen (secondary N) is 2. The SMILES string of the molecule is NC(CNC(=O)c1cccc2[nH]ccc12)C1CC1. The summed E-state index contributed by atoms with van der Waals surface area (Å²) in [6, 6.07) is 7.70. The summed E-state index contributed by atoms with van der Waals surface area (Å²) >= 11 is 0. The second-order valence-corrected chi connectivity index (χ2v) is 4.96. The number of aromatic amines is 1. The topological polar surface area (TPSA) is 70.9 Å². The van der Waals surface area contributed by atoms with E-state index in [0.717, 1.165) is 10.9 Å². The number of hydrogen-bond acceptors (Lipinski definition) is 2. The quantitative estimate of drug-likeness (QED) is 0.764. The van der Waals surface area contributed by atoms with Crippen molar-refractivity contribution in [1.29, 1.82) is 0 Å². The van der Waals surface area contributed by atoms with Crippen LogP contribution in [0.25, 0.3) is 10.9 Å². The molecule has 2 aromatic rings. The molecule has 1 aromatic heterocycles. The summed E-state index contributed by atoms with van der Waals surface area (Å²) in [4.78, 5) is 15.2. The van der Waals surface area contributed by atoms with E-state index in [-0.39, 0.29) is 11.9 Å². The lowest BCUT2D eigenvalue weighted by Crippen LogP contribution is -2.38. The van der Waals surface area contributed by atoms with Crippen LogP contribution >= 0.6 is 0 Å². The first-order valence-corrected chi connectivity index (χ1v) is 6.35. The van der Waals surface area contributed by atoms with Gasteiger partial charge in [0.2, 0.25) is 0 Å². The van der Waals surface area contributed by atoms with Crippen LogP contribution in [0.3, 0.4) is 0 Å². The molecule has 1 aliphatic rings. The predicted octanol–water partition coefficient (Wildman–Crippen LogP) is 1.64. The number of rotatable bonds is 4. The highest BCUT2D eigenvalue weighted by molar-refractivity contribution is 6.06. The van der Waals surface area contributed by atoms with E-state index in [9.17, 15) is 4.79 Å². The number of fused-ring (bicyclic) bond motifs is 1. The van der Waals surface area contributed by atoms with E-state index in [4.69, 9.17) is 5.73 Å². The van der Waals surface area contributed by atoms with E-state index in [1.54, 1.807) is 0 Å². The van der Waals surface area contributed by atoms with Crippen LogP contribution < -0.4 is 11.1 Å². The first-order chi connectivity index (χ1) is 8.75. The van der Waals surface area contributed by atoms with Gasteiger partial charge in [0.1, 0.15) is 0 Å². The average molecular weight is 243 g/mol. The molecule has 1 saturated carbocycles. The van der Waals surface area contributed by atoms with Gasteiger partial charge in [0.05, 0.1) is 0 Å². The van der Waals surface area contributed by atoms with Crippen molar-refractivity contribution in [3.8, 4) is 0 Å². The molecular weight excluding hydrogens is 226 g/mol. The Bertz CT molecular complexity index is 571. The zero-order valence-corrected chi connectivity index (χ0v) is 10.1. The molecule has 1 unspecified atom stereocenters. The Balaban J connectivity index is 1.73.